The van der Waals surface area contributed by atoms with E-state index in [-0.39, 0.29) is 5.60 Å². The van der Waals surface area contributed by atoms with Gasteiger partial charge in [-0.05, 0) is 38.3 Å². The van der Waals surface area contributed by atoms with E-state index in [0.717, 1.165) is 19.5 Å². The van der Waals surface area contributed by atoms with Crippen molar-refractivity contribution in [2.24, 2.45) is 0 Å². The Hall–Kier alpha value is -1.68. The summed E-state index contributed by atoms with van der Waals surface area (Å²) in [5.74, 6) is 0. The molecule has 0 spiro atoms. The topological polar surface area (TPSA) is 32.7 Å². The lowest BCUT2D eigenvalue weighted by atomic mass is 10.1. The van der Waals surface area contributed by atoms with Crippen molar-refractivity contribution in [3.05, 3.63) is 71.8 Å². The highest BCUT2D eigenvalue weighted by atomic mass is 16.5. The van der Waals surface area contributed by atoms with Crippen LogP contribution in [0.15, 0.2) is 60.7 Å². The van der Waals surface area contributed by atoms with E-state index in [2.05, 4.69) is 53.4 Å². The maximum Gasteiger partial charge on any atom is 0.0900 e. The molecule has 2 aromatic carbocycles. The van der Waals surface area contributed by atoms with Crippen molar-refractivity contribution < 1.29 is 9.84 Å². The van der Waals surface area contributed by atoms with E-state index in [0.29, 0.717) is 13.2 Å². The molecule has 0 bridgehead atoms. The zero-order chi connectivity index (χ0) is 18.1. The minimum Gasteiger partial charge on any atom is -0.389 e. The van der Waals surface area contributed by atoms with Crippen LogP contribution in [-0.4, -0.2) is 41.4 Å². The quantitative estimate of drug-likeness (QED) is 0.751. The molecule has 0 aliphatic carbocycles. The summed E-state index contributed by atoms with van der Waals surface area (Å²) in [5.41, 5.74) is 2.36. The number of nitrogens with zero attached hydrogens (tertiary/aromatic N) is 1. The van der Waals surface area contributed by atoms with E-state index in [9.17, 15) is 5.11 Å². The van der Waals surface area contributed by atoms with Crippen molar-refractivity contribution in [2.75, 3.05) is 19.7 Å². The lowest BCUT2D eigenvalue weighted by molar-refractivity contribution is -0.0566. The van der Waals surface area contributed by atoms with Gasteiger partial charge in [-0.2, -0.15) is 0 Å². The van der Waals surface area contributed by atoms with Gasteiger partial charge in [-0.3, -0.25) is 4.90 Å². The second-order valence-corrected chi connectivity index (χ2v) is 7.53. The molecule has 136 valence electrons. The zero-order valence-corrected chi connectivity index (χ0v) is 15.7. The van der Waals surface area contributed by atoms with Gasteiger partial charge in [0.15, 0.2) is 0 Å². The molecule has 0 aromatic heterocycles. The molecule has 2 rings (SSSR count). The van der Waals surface area contributed by atoms with Crippen LogP contribution >= 0.6 is 0 Å². The SMILES string of the molecule is CC(C)(C)OC[C@H](O)CN(CCc1ccccc1)Cc1ccccc1. The van der Waals surface area contributed by atoms with Gasteiger partial charge in [-0.15, -0.1) is 0 Å². The summed E-state index contributed by atoms with van der Waals surface area (Å²) in [6.07, 6.45) is 0.485. The molecule has 0 unspecified atom stereocenters. The zero-order valence-electron chi connectivity index (χ0n) is 15.7. The average molecular weight is 341 g/mol. The molecule has 0 saturated carbocycles. The van der Waals surface area contributed by atoms with Crippen LogP contribution < -0.4 is 0 Å². The first-order valence-corrected chi connectivity index (χ1v) is 9.04. The highest BCUT2D eigenvalue weighted by Gasteiger charge is 2.17. The standard InChI is InChI=1S/C22H31NO2/c1-22(2,3)25-18-21(24)17-23(16-20-12-8-5-9-13-20)15-14-19-10-6-4-7-11-19/h4-13,21,24H,14-18H2,1-3H3/t21-/m1/s1. The van der Waals surface area contributed by atoms with Gasteiger partial charge in [0, 0.05) is 19.6 Å². The Bertz CT molecular complexity index is 592. The van der Waals surface area contributed by atoms with E-state index in [4.69, 9.17) is 4.74 Å². The van der Waals surface area contributed by atoms with E-state index in [1.165, 1.54) is 11.1 Å². The molecule has 0 heterocycles. The van der Waals surface area contributed by atoms with Gasteiger partial charge < -0.3 is 9.84 Å². The molecule has 0 radical (unpaired) electrons. The van der Waals surface area contributed by atoms with Gasteiger partial charge in [0.1, 0.15) is 0 Å². The Labute approximate surface area is 152 Å². The van der Waals surface area contributed by atoms with Crippen LogP contribution in [0.1, 0.15) is 31.9 Å². The highest BCUT2D eigenvalue weighted by Crippen LogP contribution is 2.11. The van der Waals surface area contributed by atoms with Crippen molar-refractivity contribution in [3.63, 3.8) is 0 Å². The Morgan fingerprint density at radius 1 is 0.920 bits per heavy atom. The fourth-order valence-corrected chi connectivity index (χ4v) is 2.71. The third-order valence-corrected chi connectivity index (χ3v) is 3.99. The molecule has 0 amide bonds. The van der Waals surface area contributed by atoms with E-state index in [1.807, 2.05) is 32.9 Å². The number of ether oxygens (including phenoxy) is 1. The first-order chi connectivity index (χ1) is 11.9. The maximum atomic E-state index is 10.4. The smallest absolute Gasteiger partial charge is 0.0900 e. The van der Waals surface area contributed by atoms with Crippen LogP contribution in [0.2, 0.25) is 0 Å². The summed E-state index contributed by atoms with van der Waals surface area (Å²) >= 11 is 0. The Morgan fingerprint density at radius 3 is 2.04 bits per heavy atom. The van der Waals surface area contributed by atoms with Crippen LogP contribution in [0, 0.1) is 0 Å². The van der Waals surface area contributed by atoms with Crippen LogP contribution in [0.4, 0.5) is 0 Å². The number of aliphatic hydroxyl groups excluding tert-OH is 1. The summed E-state index contributed by atoms with van der Waals surface area (Å²) in [5, 5.41) is 10.4. The normalized spacial score (nSPS) is 13.2. The fourth-order valence-electron chi connectivity index (χ4n) is 2.71. The van der Waals surface area contributed by atoms with Crippen LogP contribution in [-0.2, 0) is 17.7 Å². The molecule has 0 aliphatic rings. The largest absolute Gasteiger partial charge is 0.389 e. The highest BCUT2D eigenvalue weighted by molar-refractivity contribution is 5.16. The minimum atomic E-state index is -0.487. The predicted molar refractivity (Wildman–Crippen MR) is 104 cm³/mol. The molecule has 3 nitrogen and oxygen atoms in total. The Kier molecular flexibility index (Phi) is 7.63. The summed E-state index contributed by atoms with van der Waals surface area (Å²) in [6.45, 7) is 8.74. The number of rotatable bonds is 9. The van der Waals surface area contributed by atoms with Gasteiger partial charge in [0.2, 0.25) is 0 Å². The molecule has 25 heavy (non-hydrogen) atoms. The van der Waals surface area contributed by atoms with Gasteiger partial charge in [0.25, 0.3) is 0 Å². The van der Waals surface area contributed by atoms with Gasteiger partial charge in [0.05, 0.1) is 18.3 Å². The Balaban J connectivity index is 1.93. The molecule has 0 fully saturated rings. The molecule has 0 saturated heterocycles. The second kappa shape index (κ2) is 9.71. The summed E-state index contributed by atoms with van der Waals surface area (Å²) in [7, 11) is 0. The first kappa shape index (κ1) is 19.6. The maximum absolute atomic E-state index is 10.4. The molecular formula is C22H31NO2. The summed E-state index contributed by atoms with van der Waals surface area (Å²) in [4.78, 5) is 2.30. The predicted octanol–water partition coefficient (Wildman–Crippen LogP) is 3.91. The lowest BCUT2D eigenvalue weighted by Crippen LogP contribution is -2.37. The van der Waals surface area contributed by atoms with Crippen molar-refractivity contribution >= 4 is 0 Å². The number of aliphatic hydroxyl groups is 1. The lowest BCUT2D eigenvalue weighted by Gasteiger charge is -2.27. The van der Waals surface area contributed by atoms with Gasteiger partial charge in [-0.1, -0.05) is 60.7 Å². The van der Waals surface area contributed by atoms with Gasteiger partial charge in [-0.25, -0.2) is 0 Å². The van der Waals surface area contributed by atoms with E-state index in [1.54, 1.807) is 0 Å². The monoisotopic (exact) mass is 341 g/mol. The van der Waals surface area contributed by atoms with Gasteiger partial charge >= 0.3 is 0 Å². The second-order valence-electron chi connectivity index (χ2n) is 7.53. The first-order valence-electron chi connectivity index (χ1n) is 9.04. The van der Waals surface area contributed by atoms with Crippen LogP contribution in [0.25, 0.3) is 0 Å². The van der Waals surface area contributed by atoms with Crippen LogP contribution in [0.5, 0.6) is 0 Å². The Morgan fingerprint density at radius 2 is 1.48 bits per heavy atom. The molecule has 2 aromatic rings. The molecule has 3 heteroatoms. The fraction of sp³-hybridized carbons (Fsp3) is 0.455. The van der Waals surface area contributed by atoms with Crippen molar-refractivity contribution in [2.45, 2.75) is 45.4 Å². The average Bonchev–Trinajstić information content (AvgIpc) is 2.59. The molecule has 0 aliphatic heterocycles. The number of hydrogen-bond acceptors (Lipinski definition) is 3. The summed E-state index contributed by atoms with van der Waals surface area (Å²) in [6, 6.07) is 20.9. The number of benzene rings is 2. The summed E-state index contributed by atoms with van der Waals surface area (Å²) < 4.78 is 5.73. The third kappa shape index (κ3) is 8.30. The molecule has 1 N–H and O–H groups in total. The van der Waals surface area contributed by atoms with Crippen molar-refractivity contribution in [1.29, 1.82) is 0 Å². The molecular weight excluding hydrogens is 310 g/mol. The number of hydrogen-bond donors (Lipinski definition) is 1. The minimum absolute atomic E-state index is 0.227. The van der Waals surface area contributed by atoms with Crippen LogP contribution in [0.3, 0.4) is 0 Å². The molecule has 1 atom stereocenters. The van der Waals surface area contributed by atoms with E-state index >= 15 is 0 Å². The van der Waals surface area contributed by atoms with Crippen molar-refractivity contribution in [1.82, 2.24) is 4.90 Å². The van der Waals surface area contributed by atoms with Crippen molar-refractivity contribution in [3.8, 4) is 0 Å². The van der Waals surface area contributed by atoms with E-state index < -0.39 is 6.10 Å². The third-order valence-electron chi connectivity index (χ3n) is 3.99.